The number of aromatic nitrogens is 2. The summed E-state index contributed by atoms with van der Waals surface area (Å²) in [5.41, 5.74) is 5.34. The van der Waals surface area contributed by atoms with Gasteiger partial charge in [-0.15, -0.1) is 0 Å². The predicted octanol–water partition coefficient (Wildman–Crippen LogP) is 4.76. The van der Waals surface area contributed by atoms with Crippen molar-refractivity contribution in [3.63, 3.8) is 0 Å². The van der Waals surface area contributed by atoms with Crippen molar-refractivity contribution in [3.8, 4) is 11.1 Å². The second kappa shape index (κ2) is 3.97. The van der Waals surface area contributed by atoms with Gasteiger partial charge in [0, 0.05) is 39.3 Å². The number of H-pyrrole nitrogens is 2. The first kappa shape index (κ1) is 11.3. The lowest BCUT2D eigenvalue weighted by molar-refractivity contribution is 0.629. The molecule has 0 bridgehead atoms. The minimum absolute atomic E-state index is 0.220. The van der Waals surface area contributed by atoms with Crippen molar-refractivity contribution >= 4 is 21.8 Å². The van der Waals surface area contributed by atoms with Gasteiger partial charge in [0.1, 0.15) is 5.82 Å². The first-order chi connectivity index (χ1) is 9.70. The third-order valence-electron chi connectivity index (χ3n) is 3.71. The Labute approximate surface area is 115 Å². The van der Waals surface area contributed by atoms with Gasteiger partial charge >= 0.3 is 0 Å². The van der Waals surface area contributed by atoms with Crippen LogP contribution in [0.4, 0.5) is 4.39 Å². The van der Waals surface area contributed by atoms with E-state index < -0.39 is 0 Å². The van der Waals surface area contributed by atoms with Crippen LogP contribution in [-0.2, 0) is 0 Å². The van der Waals surface area contributed by atoms with Crippen LogP contribution < -0.4 is 0 Å². The predicted molar refractivity (Wildman–Crippen MR) is 80.3 cm³/mol. The summed E-state index contributed by atoms with van der Waals surface area (Å²) in [5.74, 6) is -0.220. The van der Waals surface area contributed by atoms with E-state index in [1.165, 1.54) is 17.5 Å². The fraction of sp³-hybridized carbons (Fsp3) is 0.0588. The molecule has 0 amide bonds. The van der Waals surface area contributed by atoms with Crippen LogP contribution in [0.5, 0.6) is 0 Å². The number of halogens is 1. The molecule has 0 saturated heterocycles. The number of hydrogen-bond acceptors (Lipinski definition) is 0. The minimum atomic E-state index is -0.220. The number of aryl methyl sites for hydroxylation is 1. The summed E-state index contributed by atoms with van der Waals surface area (Å²) in [6, 6.07) is 13.3. The van der Waals surface area contributed by atoms with E-state index in [1.54, 1.807) is 0 Å². The molecule has 20 heavy (non-hydrogen) atoms. The Morgan fingerprint density at radius 1 is 0.950 bits per heavy atom. The van der Waals surface area contributed by atoms with Gasteiger partial charge in [0.2, 0.25) is 0 Å². The number of fused-ring (bicyclic) bond motifs is 2. The lowest BCUT2D eigenvalue weighted by Gasteiger charge is -2.00. The molecule has 0 saturated carbocycles. The number of benzene rings is 2. The summed E-state index contributed by atoms with van der Waals surface area (Å²) in [6.45, 7) is 2.05. The molecule has 0 unspecified atom stereocenters. The van der Waals surface area contributed by atoms with Gasteiger partial charge in [0.25, 0.3) is 0 Å². The zero-order valence-corrected chi connectivity index (χ0v) is 11.0. The summed E-state index contributed by atoms with van der Waals surface area (Å²) in [7, 11) is 0. The fourth-order valence-electron chi connectivity index (χ4n) is 2.78. The van der Waals surface area contributed by atoms with Crippen molar-refractivity contribution in [3.05, 3.63) is 60.2 Å². The monoisotopic (exact) mass is 264 g/mol. The SMILES string of the molecule is Cc1cc2cc(-c3c[nH]c4cc(F)ccc34)ccc2[nH]1. The number of rotatable bonds is 1. The highest BCUT2D eigenvalue weighted by molar-refractivity contribution is 5.97. The first-order valence-electron chi connectivity index (χ1n) is 6.57. The van der Waals surface area contributed by atoms with Crippen LogP contribution in [0, 0.1) is 12.7 Å². The number of nitrogens with one attached hydrogen (secondary N) is 2. The molecule has 98 valence electrons. The highest BCUT2D eigenvalue weighted by atomic mass is 19.1. The van der Waals surface area contributed by atoms with Gasteiger partial charge in [0.15, 0.2) is 0 Å². The second-order valence-electron chi connectivity index (χ2n) is 5.15. The van der Waals surface area contributed by atoms with Crippen molar-refractivity contribution in [2.24, 2.45) is 0 Å². The lowest BCUT2D eigenvalue weighted by atomic mass is 10.0. The van der Waals surface area contributed by atoms with Crippen LogP contribution in [-0.4, -0.2) is 9.97 Å². The summed E-state index contributed by atoms with van der Waals surface area (Å²) in [4.78, 5) is 6.45. The van der Waals surface area contributed by atoms with Crippen molar-refractivity contribution < 1.29 is 4.39 Å². The van der Waals surface area contributed by atoms with Crippen molar-refractivity contribution in [1.29, 1.82) is 0 Å². The van der Waals surface area contributed by atoms with E-state index >= 15 is 0 Å². The first-order valence-corrected chi connectivity index (χ1v) is 6.57. The van der Waals surface area contributed by atoms with E-state index in [0.717, 1.165) is 33.2 Å². The molecule has 3 heteroatoms. The molecule has 0 aliphatic carbocycles. The van der Waals surface area contributed by atoms with Gasteiger partial charge in [0.05, 0.1) is 0 Å². The maximum atomic E-state index is 13.2. The van der Waals surface area contributed by atoms with Crippen molar-refractivity contribution in [2.45, 2.75) is 6.92 Å². The van der Waals surface area contributed by atoms with Gasteiger partial charge in [-0.1, -0.05) is 6.07 Å². The quantitative estimate of drug-likeness (QED) is 0.496. The Morgan fingerprint density at radius 2 is 1.85 bits per heavy atom. The highest BCUT2D eigenvalue weighted by Crippen LogP contribution is 2.31. The molecule has 2 N–H and O–H groups in total. The minimum Gasteiger partial charge on any atom is -0.360 e. The highest BCUT2D eigenvalue weighted by Gasteiger charge is 2.08. The van der Waals surface area contributed by atoms with Crippen LogP contribution in [0.25, 0.3) is 32.9 Å². The van der Waals surface area contributed by atoms with Crippen LogP contribution in [0.15, 0.2) is 48.7 Å². The third-order valence-corrected chi connectivity index (χ3v) is 3.71. The van der Waals surface area contributed by atoms with Gasteiger partial charge in [-0.25, -0.2) is 4.39 Å². The second-order valence-corrected chi connectivity index (χ2v) is 5.15. The van der Waals surface area contributed by atoms with Crippen LogP contribution in [0.1, 0.15) is 5.69 Å². The molecule has 0 aliphatic rings. The molecule has 2 heterocycles. The maximum absolute atomic E-state index is 13.2. The van der Waals surface area contributed by atoms with Crippen molar-refractivity contribution in [1.82, 2.24) is 9.97 Å². The standard InChI is InChI=1S/C17H13FN2/c1-10-6-12-7-11(2-5-16(12)20-10)15-9-19-17-8-13(18)3-4-14(15)17/h2-9,19-20H,1H3. The molecule has 0 atom stereocenters. The average molecular weight is 264 g/mol. The molecule has 2 aromatic heterocycles. The fourth-order valence-corrected chi connectivity index (χ4v) is 2.78. The molecular formula is C17H13FN2. The molecule has 4 aromatic rings. The van der Waals surface area contributed by atoms with Crippen LogP contribution in [0.3, 0.4) is 0 Å². The van der Waals surface area contributed by atoms with Crippen molar-refractivity contribution in [2.75, 3.05) is 0 Å². The lowest BCUT2D eigenvalue weighted by Crippen LogP contribution is -1.77. The summed E-state index contributed by atoms with van der Waals surface area (Å²) in [5, 5.41) is 2.23. The van der Waals surface area contributed by atoms with Gasteiger partial charge < -0.3 is 9.97 Å². The average Bonchev–Trinajstić information content (AvgIpc) is 2.99. The van der Waals surface area contributed by atoms with E-state index in [2.05, 4.69) is 34.2 Å². The molecule has 0 aliphatic heterocycles. The summed E-state index contributed by atoms with van der Waals surface area (Å²) < 4.78 is 13.2. The van der Waals surface area contributed by atoms with E-state index in [1.807, 2.05) is 19.2 Å². The summed E-state index contributed by atoms with van der Waals surface area (Å²) >= 11 is 0. The van der Waals surface area contributed by atoms with Crippen LogP contribution in [0.2, 0.25) is 0 Å². The molecular weight excluding hydrogens is 251 g/mol. The Bertz CT molecular complexity index is 931. The van der Waals surface area contributed by atoms with E-state index in [4.69, 9.17) is 0 Å². The smallest absolute Gasteiger partial charge is 0.125 e. The van der Waals surface area contributed by atoms with Gasteiger partial charge in [-0.05, 0) is 48.9 Å². The molecule has 0 radical (unpaired) electrons. The Morgan fingerprint density at radius 3 is 2.75 bits per heavy atom. The Kier molecular flexibility index (Phi) is 2.24. The van der Waals surface area contributed by atoms with Crippen LogP contribution >= 0.6 is 0 Å². The zero-order valence-electron chi connectivity index (χ0n) is 11.0. The Hall–Kier alpha value is -2.55. The number of hydrogen-bond donors (Lipinski definition) is 2. The normalized spacial score (nSPS) is 11.5. The molecule has 2 nitrogen and oxygen atoms in total. The molecule has 0 fully saturated rings. The maximum Gasteiger partial charge on any atom is 0.125 e. The van der Waals surface area contributed by atoms with Gasteiger partial charge in [-0.2, -0.15) is 0 Å². The summed E-state index contributed by atoms with van der Waals surface area (Å²) in [6.07, 6.45) is 1.94. The third kappa shape index (κ3) is 1.63. The molecule has 2 aromatic carbocycles. The van der Waals surface area contributed by atoms with E-state index in [9.17, 15) is 4.39 Å². The van der Waals surface area contributed by atoms with E-state index in [-0.39, 0.29) is 5.82 Å². The number of aromatic amines is 2. The van der Waals surface area contributed by atoms with E-state index in [0.29, 0.717) is 0 Å². The largest absolute Gasteiger partial charge is 0.360 e. The topological polar surface area (TPSA) is 31.6 Å². The zero-order chi connectivity index (χ0) is 13.7. The molecule has 4 rings (SSSR count). The van der Waals surface area contributed by atoms with Gasteiger partial charge in [-0.3, -0.25) is 0 Å². The Balaban J connectivity index is 1.95. The molecule has 0 spiro atoms.